The maximum atomic E-state index is 13.4. The molecular weight excluding hydrogens is 401 g/mol. The summed E-state index contributed by atoms with van der Waals surface area (Å²) in [5, 5.41) is 3.69. The fourth-order valence-corrected chi connectivity index (χ4v) is 4.67. The molecule has 1 fully saturated rings. The second-order valence-corrected chi connectivity index (χ2v) is 8.56. The minimum absolute atomic E-state index is 0.0314. The van der Waals surface area contributed by atoms with E-state index >= 15 is 0 Å². The zero-order chi connectivity index (χ0) is 20.1. The predicted molar refractivity (Wildman–Crippen MR) is 111 cm³/mol. The van der Waals surface area contributed by atoms with Crippen LogP contribution in [0, 0.1) is 5.82 Å². The summed E-state index contributed by atoms with van der Waals surface area (Å²) in [5.41, 5.74) is 0.836. The molecule has 2 aromatic carbocycles. The van der Waals surface area contributed by atoms with Gasteiger partial charge < -0.3 is 15.0 Å². The lowest BCUT2D eigenvalue weighted by Gasteiger charge is -2.35. The average molecular weight is 424 g/mol. The first-order valence-electron chi connectivity index (χ1n) is 8.94. The SMILES string of the molecule is CCOc1ccc(NC(=S)N2CCN(S(=O)(=O)c3cccc(F)c3)CC2)cc1. The third kappa shape index (κ3) is 4.78. The van der Waals surface area contributed by atoms with Gasteiger partial charge in [0.05, 0.1) is 11.5 Å². The van der Waals surface area contributed by atoms with Gasteiger partial charge in [-0.05, 0) is 61.6 Å². The van der Waals surface area contributed by atoms with Gasteiger partial charge in [0, 0.05) is 31.9 Å². The van der Waals surface area contributed by atoms with Gasteiger partial charge in [-0.2, -0.15) is 4.31 Å². The Morgan fingerprint density at radius 3 is 2.43 bits per heavy atom. The first kappa shape index (κ1) is 20.5. The Bertz CT molecular complexity index is 928. The van der Waals surface area contributed by atoms with Crippen molar-refractivity contribution in [1.29, 1.82) is 0 Å². The van der Waals surface area contributed by atoms with Crippen LogP contribution in [0.15, 0.2) is 53.4 Å². The van der Waals surface area contributed by atoms with Crippen molar-refractivity contribution >= 4 is 33.0 Å². The molecule has 0 aromatic heterocycles. The van der Waals surface area contributed by atoms with Gasteiger partial charge in [-0.15, -0.1) is 0 Å². The highest BCUT2D eigenvalue weighted by Crippen LogP contribution is 2.20. The first-order chi connectivity index (χ1) is 13.4. The number of ether oxygens (including phenoxy) is 1. The fourth-order valence-electron chi connectivity index (χ4n) is 2.91. The Morgan fingerprint density at radius 2 is 1.82 bits per heavy atom. The van der Waals surface area contributed by atoms with Crippen molar-refractivity contribution in [2.24, 2.45) is 0 Å². The normalized spacial score (nSPS) is 15.3. The molecule has 0 spiro atoms. The highest BCUT2D eigenvalue weighted by atomic mass is 32.2. The minimum atomic E-state index is -3.71. The first-order valence-corrected chi connectivity index (χ1v) is 10.8. The summed E-state index contributed by atoms with van der Waals surface area (Å²) in [5.74, 6) is 0.218. The number of nitrogens with one attached hydrogen (secondary N) is 1. The number of sulfonamides is 1. The Morgan fingerprint density at radius 1 is 1.14 bits per heavy atom. The standard InChI is InChI=1S/C19H22FN3O3S2/c1-2-26-17-8-6-16(7-9-17)21-19(27)22-10-12-23(13-11-22)28(24,25)18-5-3-4-15(20)14-18/h3-9,14H,2,10-13H2,1H3,(H,21,27). The molecule has 3 rings (SSSR count). The van der Waals surface area contributed by atoms with Crippen molar-refractivity contribution in [2.45, 2.75) is 11.8 Å². The number of nitrogens with zero attached hydrogens (tertiary/aromatic N) is 2. The largest absolute Gasteiger partial charge is 0.494 e. The molecule has 1 saturated heterocycles. The van der Waals surface area contributed by atoms with Gasteiger partial charge in [0.1, 0.15) is 11.6 Å². The number of rotatable bonds is 5. The second-order valence-electron chi connectivity index (χ2n) is 6.24. The summed E-state index contributed by atoms with van der Waals surface area (Å²) in [6, 6.07) is 12.5. The fraction of sp³-hybridized carbons (Fsp3) is 0.316. The summed E-state index contributed by atoms with van der Waals surface area (Å²) in [6.45, 7) is 4.01. The van der Waals surface area contributed by atoms with Gasteiger partial charge in [-0.3, -0.25) is 0 Å². The Labute approximate surface area is 170 Å². The van der Waals surface area contributed by atoms with Crippen LogP contribution in [0.5, 0.6) is 5.75 Å². The van der Waals surface area contributed by atoms with Crippen LogP contribution in [-0.2, 0) is 10.0 Å². The topological polar surface area (TPSA) is 61.9 Å². The molecule has 1 heterocycles. The van der Waals surface area contributed by atoms with Crippen molar-refractivity contribution in [1.82, 2.24) is 9.21 Å². The molecule has 6 nitrogen and oxygen atoms in total. The van der Waals surface area contributed by atoms with Crippen LogP contribution in [0.3, 0.4) is 0 Å². The lowest BCUT2D eigenvalue weighted by molar-refractivity contribution is 0.268. The zero-order valence-corrected chi connectivity index (χ0v) is 17.1. The van der Waals surface area contributed by atoms with Crippen molar-refractivity contribution < 1.29 is 17.5 Å². The highest BCUT2D eigenvalue weighted by Gasteiger charge is 2.29. The average Bonchev–Trinajstić information content (AvgIpc) is 2.70. The number of anilines is 1. The second kappa shape index (κ2) is 8.85. The van der Waals surface area contributed by atoms with Crippen molar-refractivity contribution in [3.05, 3.63) is 54.3 Å². The third-order valence-electron chi connectivity index (χ3n) is 4.38. The number of piperazine rings is 1. The van der Waals surface area contributed by atoms with Gasteiger partial charge >= 0.3 is 0 Å². The van der Waals surface area contributed by atoms with Crippen LogP contribution >= 0.6 is 12.2 Å². The van der Waals surface area contributed by atoms with Gasteiger partial charge in [-0.25, -0.2) is 12.8 Å². The molecule has 0 amide bonds. The minimum Gasteiger partial charge on any atom is -0.494 e. The molecule has 0 unspecified atom stereocenters. The van der Waals surface area contributed by atoms with Crippen molar-refractivity contribution in [2.75, 3.05) is 38.1 Å². The summed E-state index contributed by atoms with van der Waals surface area (Å²) >= 11 is 5.45. The molecule has 1 aliphatic heterocycles. The smallest absolute Gasteiger partial charge is 0.243 e. The van der Waals surface area contributed by atoms with Crippen LogP contribution in [-0.4, -0.2) is 55.5 Å². The molecule has 1 aliphatic rings. The third-order valence-corrected chi connectivity index (χ3v) is 6.63. The molecule has 150 valence electrons. The Balaban J connectivity index is 1.58. The maximum absolute atomic E-state index is 13.4. The molecule has 28 heavy (non-hydrogen) atoms. The number of benzene rings is 2. The number of hydrogen-bond donors (Lipinski definition) is 1. The van der Waals surface area contributed by atoms with Crippen molar-refractivity contribution in [3.63, 3.8) is 0 Å². The van der Waals surface area contributed by atoms with Crippen LogP contribution in [0.4, 0.5) is 10.1 Å². The van der Waals surface area contributed by atoms with E-state index in [9.17, 15) is 12.8 Å². The molecule has 0 saturated carbocycles. The number of hydrogen-bond acceptors (Lipinski definition) is 4. The molecule has 1 N–H and O–H groups in total. The monoisotopic (exact) mass is 423 g/mol. The lowest BCUT2D eigenvalue weighted by atomic mass is 10.3. The number of halogens is 1. The van der Waals surface area contributed by atoms with E-state index in [4.69, 9.17) is 17.0 Å². The van der Waals surface area contributed by atoms with E-state index in [-0.39, 0.29) is 18.0 Å². The molecule has 2 aromatic rings. The van der Waals surface area contributed by atoms with E-state index in [1.807, 2.05) is 36.1 Å². The Kier molecular flexibility index (Phi) is 6.48. The Hall–Kier alpha value is -2.23. The summed E-state index contributed by atoms with van der Waals surface area (Å²) < 4.78 is 45.5. The van der Waals surface area contributed by atoms with E-state index < -0.39 is 15.8 Å². The molecule has 0 bridgehead atoms. The van der Waals surface area contributed by atoms with Gasteiger partial charge in [0.25, 0.3) is 0 Å². The predicted octanol–water partition coefficient (Wildman–Crippen LogP) is 2.93. The van der Waals surface area contributed by atoms with Crippen molar-refractivity contribution in [3.8, 4) is 5.75 Å². The van der Waals surface area contributed by atoms with E-state index in [2.05, 4.69) is 5.32 Å². The van der Waals surface area contributed by atoms with E-state index in [1.165, 1.54) is 22.5 Å². The molecule has 0 atom stereocenters. The molecule has 0 radical (unpaired) electrons. The molecule has 0 aliphatic carbocycles. The van der Waals surface area contributed by atoms with Gasteiger partial charge in [0.15, 0.2) is 5.11 Å². The lowest BCUT2D eigenvalue weighted by Crippen LogP contribution is -2.51. The van der Waals surface area contributed by atoms with Crippen LogP contribution < -0.4 is 10.1 Å². The molecular formula is C19H22FN3O3S2. The van der Waals surface area contributed by atoms with E-state index in [1.54, 1.807) is 0 Å². The van der Waals surface area contributed by atoms with E-state index in [0.29, 0.717) is 24.8 Å². The maximum Gasteiger partial charge on any atom is 0.243 e. The number of thiocarbonyl (C=S) groups is 1. The van der Waals surface area contributed by atoms with E-state index in [0.717, 1.165) is 17.5 Å². The van der Waals surface area contributed by atoms with Crippen LogP contribution in [0.2, 0.25) is 0 Å². The quantitative estimate of drug-likeness (QED) is 0.747. The summed E-state index contributed by atoms with van der Waals surface area (Å²) in [7, 11) is -3.71. The van der Waals surface area contributed by atoms with Gasteiger partial charge in [0.2, 0.25) is 10.0 Å². The zero-order valence-electron chi connectivity index (χ0n) is 15.5. The van der Waals surface area contributed by atoms with Crippen LogP contribution in [0.25, 0.3) is 0 Å². The van der Waals surface area contributed by atoms with Crippen LogP contribution in [0.1, 0.15) is 6.92 Å². The molecule has 9 heteroatoms. The summed E-state index contributed by atoms with van der Waals surface area (Å²) in [6.07, 6.45) is 0. The van der Waals surface area contributed by atoms with Gasteiger partial charge in [-0.1, -0.05) is 6.07 Å². The highest BCUT2D eigenvalue weighted by molar-refractivity contribution is 7.89. The summed E-state index contributed by atoms with van der Waals surface area (Å²) in [4.78, 5) is 1.89.